The normalized spacial score (nSPS) is 11.6. The van der Waals surface area contributed by atoms with Crippen LogP contribution < -0.4 is 4.74 Å². The van der Waals surface area contributed by atoms with Crippen molar-refractivity contribution in [1.29, 1.82) is 0 Å². The molecule has 0 amide bonds. The summed E-state index contributed by atoms with van der Waals surface area (Å²) < 4.78 is 6.10. The Hall–Kier alpha value is -2.89. The van der Waals surface area contributed by atoms with Crippen LogP contribution in [0.5, 0.6) is 5.75 Å². The fourth-order valence-corrected chi connectivity index (χ4v) is 3.45. The molecule has 2 aromatic heterocycles. The lowest BCUT2D eigenvalue weighted by molar-refractivity contribution is 0.269. The zero-order chi connectivity index (χ0) is 21.0. The molecule has 0 aliphatic heterocycles. The lowest BCUT2D eigenvalue weighted by Gasteiger charge is -2.20. The second-order valence-corrected chi connectivity index (χ2v) is 7.26. The van der Waals surface area contributed by atoms with Gasteiger partial charge in [-0.15, -0.1) is 0 Å². The summed E-state index contributed by atoms with van der Waals surface area (Å²) in [5, 5.41) is 11.0. The number of aryl methyl sites for hydroxylation is 1. The molecule has 0 bridgehead atoms. The van der Waals surface area contributed by atoms with Crippen molar-refractivity contribution in [3.05, 3.63) is 82.8 Å². The zero-order valence-corrected chi connectivity index (χ0v) is 17.6. The van der Waals surface area contributed by atoms with Gasteiger partial charge in [-0.3, -0.25) is 4.98 Å². The number of para-hydroxylation sites is 1. The van der Waals surface area contributed by atoms with E-state index < -0.39 is 0 Å². The molecule has 0 spiro atoms. The molecule has 3 aromatic rings. The standard InChI is InChI=1S/C23H24ClN3O2/c1-5-7-21(27(3)4)18-10-15(2)26-23-17(18)8-6-9-22(23)29-14-19-16(13-28)11-25-12-20(19)24/h5-12,28H,1,13-14H2,2-4H3/b21-7-. The number of halogens is 1. The predicted molar refractivity (Wildman–Crippen MR) is 118 cm³/mol. The summed E-state index contributed by atoms with van der Waals surface area (Å²) in [6.07, 6.45) is 6.90. The van der Waals surface area contributed by atoms with Crippen molar-refractivity contribution in [3.63, 3.8) is 0 Å². The molecule has 0 radical (unpaired) electrons. The molecule has 0 aliphatic carbocycles. The van der Waals surface area contributed by atoms with E-state index in [1.165, 1.54) is 0 Å². The number of nitrogens with zero attached hydrogens (tertiary/aromatic N) is 3. The number of rotatable bonds is 7. The van der Waals surface area contributed by atoms with E-state index in [4.69, 9.17) is 21.3 Å². The van der Waals surface area contributed by atoms with E-state index in [9.17, 15) is 5.11 Å². The van der Waals surface area contributed by atoms with E-state index in [-0.39, 0.29) is 13.2 Å². The maximum absolute atomic E-state index is 9.56. The molecule has 2 heterocycles. The molecule has 150 valence electrons. The van der Waals surface area contributed by atoms with Crippen LogP contribution in [-0.2, 0) is 13.2 Å². The molecule has 0 atom stereocenters. The predicted octanol–water partition coefficient (Wildman–Crippen LogP) is 4.75. The first-order valence-corrected chi connectivity index (χ1v) is 9.59. The van der Waals surface area contributed by atoms with Gasteiger partial charge in [0.05, 0.1) is 11.6 Å². The molecule has 0 aliphatic rings. The summed E-state index contributed by atoms with van der Waals surface area (Å²) in [6.45, 7) is 5.86. The number of aliphatic hydroxyl groups is 1. The Kier molecular flexibility index (Phi) is 6.52. The summed E-state index contributed by atoms with van der Waals surface area (Å²) in [4.78, 5) is 10.8. The summed E-state index contributed by atoms with van der Waals surface area (Å²) >= 11 is 6.26. The fraction of sp³-hybridized carbons (Fsp3) is 0.217. The van der Waals surface area contributed by atoms with Gasteiger partial charge in [0.1, 0.15) is 17.9 Å². The van der Waals surface area contributed by atoms with Gasteiger partial charge in [-0.05, 0) is 25.1 Å². The molecule has 0 saturated carbocycles. The summed E-state index contributed by atoms with van der Waals surface area (Å²) in [5.41, 5.74) is 5.11. The van der Waals surface area contributed by atoms with Crippen LogP contribution in [0.4, 0.5) is 0 Å². The molecule has 1 aromatic carbocycles. The van der Waals surface area contributed by atoms with Crippen molar-refractivity contribution in [2.24, 2.45) is 0 Å². The SMILES string of the molecule is C=C/C=C(/c1cc(C)nc2c(OCc3c(Cl)cncc3CO)cccc12)N(C)C. The Morgan fingerprint density at radius 2 is 2.10 bits per heavy atom. The molecule has 29 heavy (non-hydrogen) atoms. The van der Waals surface area contributed by atoms with Crippen molar-refractivity contribution < 1.29 is 9.84 Å². The van der Waals surface area contributed by atoms with Gasteiger partial charge in [0.25, 0.3) is 0 Å². The molecule has 0 fully saturated rings. The third-order valence-corrected chi connectivity index (χ3v) is 4.93. The van der Waals surface area contributed by atoms with Crippen molar-refractivity contribution in [3.8, 4) is 5.75 Å². The van der Waals surface area contributed by atoms with Crippen molar-refractivity contribution in [1.82, 2.24) is 14.9 Å². The lowest BCUT2D eigenvalue weighted by atomic mass is 10.0. The first-order valence-electron chi connectivity index (χ1n) is 9.22. The Balaban J connectivity index is 2.07. The molecule has 1 N–H and O–H groups in total. The number of benzene rings is 1. The van der Waals surface area contributed by atoms with Crippen molar-refractivity contribution >= 4 is 28.2 Å². The van der Waals surface area contributed by atoms with E-state index in [1.54, 1.807) is 18.5 Å². The fourth-order valence-electron chi connectivity index (χ4n) is 3.22. The van der Waals surface area contributed by atoms with Gasteiger partial charge >= 0.3 is 0 Å². The zero-order valence-electron chi connectivity index (χ0n) is 16.8. The van der Waals surface area contributed by atoms with Gasteiger partial charge in [-0.2, -0.15) is 0 Å². The third-order valence-electron chi connectivity index (χ3n) is 4.60. The van der Waals surface area contributed by atoms with Crippen LogP contribution >= 0.6 is 11.6 Å². The number of pyridine rings is 2. The molecule has 3 rings (SSSR count). The van der Waals surface area contributed by atoms with E-state index in [1.807, 2.05) is 50.2 Å². The first kappa shape index (κ1) is 20.8. The number of allylic oxidation sites excluding steroid dienone is 2. The average Bonchev–Trinajstić information content (AvgIpc) is 2.70. The number of aliphatic hydroxyl groups excluding tert-OH is 1. The maximum atomic E-state index is 9.56. The van der Waals surface area contributed by atoms with E-state index in [0.717, 1.165) is 33.4 Å². The highest BCUT2D eigenvalue weighted by molar-refractivity contribution is 6.31. The second-order valence-electron chi connectivity index (χ2n) is 6.85. The van der Waals surface area contributed by atoms with Crippen LogP contribution in [0.3, 0.4) is 0 Å². The minimum Gasteiger partial charge on any atom is -0.487 e. The van der Waals surface area contributed by atoms with Gasteiger partial charge in [-0.25, -0.2) is 4.98 Å². The maximum Gasteiger partial charge on any atom is 0.146 e. The Bertz CT molecular complexity index is 1080. The Labute approximate surface area is 175 Å². The highest BCUT2D eigenvalue weighted by Crippen LogP contribution is 2.32. The Morgan fingerprint density at radius 1 is 1.31 bits per heavy atom. The third kappa shape index (κ3) is 4.42. The van der Waals surface area contributed by atoms with Crippen LogP contribution in [0.1, 0.15) is 22.4 Å². The van der Waals surface area contributed by atoms with E-state index >= 15 is 0 Å². The lowest BCUT2D eigenvalue weighted by Crippen LogP contribution is -2.11. The molecular weight excluding hydrogens is 386 g/mol. The van der Waals surface area contributed by atoms with Crippen molar-refractivity contribution in [2.75, 3.05) is 14.1 Å². The van der Waals surface area contributed by atoms with Crippen molar-refractivity contribution in [2.45, 2.75) is 20.1 Å². The first-order chi connectivity index (χ1) is 14.0. The average molecular weight is 410 g/mol. The highest BCUT2D eigenvalue weighted by Gasteiger charge is 2.15. The number of fused-ring (bicyclic) bond motifs is 1. The highest BCUT2D eigenvalue weighted by atomic mass is 35.5. The largest absolute Gasteiger partial charge is 0.487 e. The molecular formula is C23H24ClN3O2. The van der Waals surface area contributed by atoms with Gasteiger partial charge < -0.3 is 14.7 Å². The van der Waals surface area contributed by atoms with Gasteiger partial charge in [0, 0.05) is 60.0 Å². The van der Waals surface area contributed by atoms with E-state index in [2.05, 4.69) is 17.6 Å². The van der Waals surface area contributed by atoms with E-state index in [0.29, 0.717) is 16.3 Å². The monoisotopic (exact) mass is 409 g/mol. The minimum absolute atomic E-state index is 0.151. The van der Waals surface area contributed by atoms with Crippen LogP contribution in [0, 0.1) is 6.92 Å². The quantitative estimate of drug-likeness (QED) is 0.570. The molecule has 5 nitrogen and oxygen atoms in total. The molecule has 0 unspecified atom stereocenters. The number of hydrogen-bond donors (Lipinski definition) is 1. The smallest absolute Gasteiger partial charge is 0.146 e. The number of aromatic nitrogens is 2. The second kappa shape index (κ2) is 9.07. The topological polar surface area (TPSA) is 58.5 Å². The van der Waals surface area contributed by atoms with Gasteiger partial charge in [-0.1, -0.05) is 36.4 Å². The summed E-state index contributed by atoms with van der Waals surface area (Å²) in [6, 6.07) is 7.92. The van der Waals surface area contributed by atoms with Crippen LogP contribution in [0.15, 0.2) is 55.4 Å². The van der Waals surface area contributed by atoms with Crippen LogP contribution in [-0.4, -0.2) is 34.1 Å². The molecule has 0 saturated heterocycles. The number of ether oxygens (including phenoxy) is 1. The van der Waals surface area contributed by atoms with Crippen LogP contribution in [0.25, 0.3) is 16.6 Å². The Morgan fingerprint density at radius 3 is 2.79 bits per heavy atom. The molecule has 6 heteroatoms. The minimum atomic E-state index is -0.151. The number of hydrogen-bond acceptors (Lipinski definition) is 5. The van der Waals surface area contributed by atoms with Crippen LogP contribution in [0.2, 0.25) is 5.02 Å². The summed E-state index contributed by atoms with van der Waals surface area (Å²) in [5.74, 6) is 0.654. The summed E-state index contributed by atoms with van der Waals surface area (Å²) in [7, 11) is 4.00. The van der Waals surface area contributed by atoms with Gasteiger partial charge in [0.2, 0.25) is 0 Å². The van der Waals surface area contributed by atoms with Gasteiger partial charge in [0.15, 0.2) is 0 Å².